The molecule has 0 aliphatic carbocycles. The second kappa shape index (κ2) is 3.62. The van der Waals surface area contributed by atoms with E-state index in [0.29, 0.717) is 11.3 Å². The summed E-state index contributed by atoms with van der Waals surface area (Å²) in [7, 11) is 2.10. The van der Waals surface area contributed by atoms with Crippen molar-refractivity contribution in [1.29, 1.82) is 0 Å². The Morgan fingerprint density at radius 2 is 2.46 bits per heavy atom. The lowest BCUT2D eigenvalue weighted by Crippen LogP contribution is -2.23. The highest BCUT2D eigenvalue weighted by Crippen LogP contribution is 2.19. The third kappa shape index (κ3) is 1.82. The Morgan fingerprint density at radius 3 is 3.00 bits per heavy atom. The minimum atomic E-state index is 0.296. The molecule has 1 aliphatic heterocycles. The van der Waals surface area contributed by atoms with Gasteiger partial charge in [0.15, 0.2) is 0 Å². The van der Waals surface area contributed by atoms with E-state index in [4.69, 9.17) is 11.6 Å². The maximum absolute atomic E-state index is 5.71. The van der Waals surface area contributed by atoms with Gasteiger partial charge in [-0.3, -0.25) is 10.2 Å². The Balaban J connectivity index is 2.20. The monoisotopic (exact) mass is 197 g/mol. The van der Waals surface area contributed by atoms with E-state index in [9.17, 15) is 0 Å². The van der Waals surface area contributed by atoms with Crippen LogP contribution in [0.15, 0.2) is 18.3 Å². The number of halogens is 1. The summed E-state index contributed by atoms with van der Waals surface area (Å²) in [6.45, 7) is 2.11. The number of pyridine rings is 1. The third-order valence-corrected chi connectivity index (χ3v) is 2.53. The molecular weight excluding hydrogens is 186 g/mol. The molecule has 1 atom stereocenters. The van der Waals surface area contributed by atoms with Gasteiger partial charge in [-0.2, -0.15) is 0 Å². The van der Waals surface area contributed by atoms with Gasteiger partial charge in [-0.25, -0.2) is 4.98 Å². The molecule has 0 spiro atoms. The third-order valence-electron chi connectivity index (χ3n) is 2.31. The highest BCUT2D eigenvalue weighted by molar-refractivity contribution is 6.29. The van der Waals surface area contributed by atoms with Crippen LogP contribution in [0, 0.1) is 0 Å². The van der Waals surface area contributed by atoms with Gasteiger partial charge in [-0.15, -0.1) is 0 Å². The van der Waals surface area contributed by atoms with Gasteiger partial charge in [-0.05, 0) is 13.1 Å². The quantitative estimate of drug-likeness (QED) is 0.688. The standard InChI is InChI=1S/C9H12ClN3/c1-13-5-4-11-9(13)7-2-3-8(10)12-6-7/h2-3,6,9,11H,4-5H2,1H3. The molecule has 1 unspecified atom stereocenters. The zero-order chi connectivity index (χ0) is 9.26. The van der Waals surface area contributed by atoms with Crippen LogP contribution in [-0.4, -0.2) is 30.0 Å². The maximum atomic E-state index is 5.71. The summed E-state index contributed by atoms with van der Waals surface area (Å²) in [6.07, 6.45) is 2.12. The summed E-state index contributed by atoms with van der Waals surface area (Å²) in [6, 6.07) is 3.83. The first-order valence-electron chi connectivity index (χ1n) is 4.32. The van der Waals surface area contributed by atoms with E-state index in [0.717, 1.165) is 13.1 Å². The van der Waals surface area contributed by atoms with Gasteiger partial charge in [0, 0.05) is 24.8 Å². The molecule has 0 bridgehead atoms. The molecule has 1 N–H and O–H groups in total. The zero-order valence-corrected chi connectivity index (χ0v) is 8.25. The average molecular weight is 198 g/mol. The van der Waals surface area contributed by atoms with Gasteiger partial charge in [0.1, 0.15) is 5.15 Å². The van der Waals surface area contributed by atoms with Crippen LogP contribution in [0.25, 0.3) is 0 Å². The van der Waals surface area contributed by atoms with Crippen LogP contribution in [0.2, 0.25) is 5.15 Å². The van der Waals surface area contributed by atoms with Crippen LogP contribution in [0.1, 0.15) is 11.7 Å². The predicted octanol–water partition coefficient (Wildman–Crippen LogP) is 1.27. The lowest BCUT2D eigenvalue weighted by molar-refractivity contribution is 0.300. The minimum Gasteiger partial charge on any atom is -0.297 e. The molecule has 0 amide bonds. The van der Waals surface area contributed by atoms with Crippen molar-refractivity contribution in [1.82, 2.24) is 15.2 Å². The Morgan fingerprint density at radius 1 is 1.62 bits per heavy atom. The summed E-state index contributed by atoms with van der Waals surface area (Å²) < 4.78 is 0. The normalized spacial score (nSPS) is 23.7. The van der Waals surface area contributed by atoms with Crippen molar-refractivity contribution in [3.05, 3.63) is 29.0 Å². The molecule has 70 valence electrons. The van der Waals surface area contributed by atoms with Crippen LogP contribution in [0.5, 0.6) is 0 Å². The van der Waals surface area contributed by atoms with Crippen LogP contribution in [0.3, 0.4) is 0 Å². The molecule has 0 aromatic carbocycles. The van der Waals surface area contributed by atoms with Crippen molar-refractivity contribution >= 4 is 11.6 Å². The summed E-state index contributed by atoms with van der Waals surface area (Å²) in [4.78, 5) is 6.31. The van der Waals surface area contributed by atoms with Crippen molar-refractivity contribution in [3.8, 4) is 0 Å². The van der Waals surface area contributed by atoms with Gasteiger partial charge in [0.05, 0.1) is 6.17 Å². The predicted molar refractivity (Wildman–Crippen MR) is 52.6 cm³/mol. The van der Waals surface area contributed by atoms with E-state index in [-0.39, 0.29) is 0 Å². The molecule has 0 saturated carbocycles. The van der Waals surface area contributed by atoms with E-state index in [1.165, 1.54) is 5.56 Å². The Hall–Kier alpha value is -0.640. The summed E-state index contributed by atoms with van der Waals surface area (Å²) in [5, 5.41) is 3.93. The fraction of sp³-hybridized carbons (Fsp3) is 0.444. The lowest BCUT2D eigenvalue weighted by Gasteiger charge is -2.18. The van der Waals surface area contributed by atoms with Crippen molar-refractivity contribution in [2.45, 2.75) is 6.17 Å². The summed E-state index contributed by atoms with van der Waals surface area (Å²) in [5.74, 6) is 0. The van der Waals surface area contributed by atoms with E-state index in [1.807, 2.05) is 18.3 Å². The number of nitrogens with one attached hydrogen (secondary N) is 1. The molecule has 4 heteroatoms. The Labute approximate surface area is 82.7 Å². The highest BCUT2D eigenvalue weighted by atomic mass is 35.5. The van der Waals surface area contributed by atoms with E-state index >= 15 is 0 Å². The Kier molecular flexibility index (Phi) is 2.49. The number of hydrogen-bond acceptors (Lipinski definition) is 3. The fourth-order valence-corrected chi connectivity index (χ4v) is 1.70. The number of aromatic nitrogens is 1. The first-order valence-corrected chi connectivity index (χ1v) is 4.70. The number of rotatable bonds is 1. The minimum absolute atomic E-state index is 0.296. The van der Waals surface area contributed by atoms with Crippen LogP contribution in [-0.2, 0) is 0 Å². The molecule has 1 aliphatic rings. The molecule has 2 rings (SSSR count). The molecule has 2 heterocycles. The largest absolute Gasteiger partial charge is 0.297 e. The van der Waals surface area contributed by atoms with Crippen molar-refractivity contribution in [3.63, 3.8) is 0 Å². The van der Waals surface area contributed by atoms with Crippen LogP contribution in [0.4, 0.5) is 0 Å². The number of nitrogens with zero attached hydrogens (tertiary/aromatic N) is 2. The fourth-order valence-electron chi connectivity index (χ4n) is 1.58. The zero-order valence-electron chi connectivity index (χ0n) is 7.50. The molecule has 0 radical (unpaired) electrons. The first kappa shape index (κ1) is 8.94. The molecule has 3 nitrogen and oxygen atoms in total. The second-order valence-corrected chi connectivity index (χ2v) is 3.64. The summed E-state index contributed by atoms with van der Waals surface area (Å²) >= 11 is 5.71. The van der Waals surface area contributed by atoms with Crippen molar-refractivity contribution in [2.75, 3.05) is 20.1 Å². The number of hydrogen-bond donors (Lipinski definition) is 1. The van der Waals surface area contributed by atoms with Gasteiger partial charge >= 0.3 is 0 Å². The van der Waals surface area contributed by atoms with Crippen LogP contribution >= 0.6 is 11.6 Å². The highest BCUT2D eigenvalue weighted by Gasteiger charge is 2.21. The van der Waals surface area contributed by atoms with Crippen LogP contribution < -0.4 is 5.32 Å². The van der Waals surface area contributed by atoms with E-state index in [2.05, 4.69) is 22.2 Å². The molecule has 1 fully saturated rings. The molecule has 1 aromatic heterocycles. The molecule has 1 aromatic rings. The first-order chi connectivity index (χ1) is 6.27. The second-order valence-electron chi connectivity index (χ2n) is 3.25. The Bertz CT molecular complexity index is 285. The van der Waals surface area contributed by atoms with Gasteiger partial charge in [0.2, 0.25) is 0 Å². The van der Waals surface area contributed by atoms with Gasteiger partial charge in [-0.1, -0.05) is 17.7 Å². The molecule has 1 saturated heterocycles. The lowest BCUT2D eigenvalue weighted by atomic mass is 10.2. The SMILES string of the molecule is CN1CCNC1c1ccc(Cl)nc1. The van der Waals surface area contributed by atoms with Crippen molar-refractivity contribution in [2.24, 2.45) is 0 Å². The summed E-state index contributed by atoms with van der Waals surface area (Å²) in [5.41, 5.74) is 1.17. The van der Waals surface area contributed by atoms with E-state index in [1.54, 1.807) is 0 Å². The van der Waals surface area contributed by atoms with Crippen molar-refractivity contribution < 1.29 is 0 Å². The van der Waals surface area contributed by atoms with Gasteiger partial charge < -0.3 is 0 Å². The topological polar surface area (TPSA) is 28.2 Å². The molecular formula is C9H12ClN3. The van der Waals surface area contributed by atoms with E-state index < -0.39 is 0 Å². The number of likely N-dealkylation sites (N-methyl/N-ethyl adjacent to an activating group) is 1. The average Bonchev–Trinajstić information content (AvgIpc) is 2.53. The van der Waals surface area contributed by atoms with Gasteiger partial charge in [0.25, 0.3) is 0 Å². The molecule has 13 heavy (non-hydrogen) atoms. The maximum Gasteiger partial charge on any atom is 0.129 e. The smallest absolute Gasteiger partial charge is 0.129 e.